The number of anilines is 1. The number of carbonyl (C=O) groups excluding carboxylic acids is 3. The van der Waals surface area contributed by atoms with E-state index < -0.39 is 11.7 Å². The zero-order chi connectivity index (χ0) is 25.3. The first-order valence-corrected chi connectivity index (χ1v) is 11.5. The molecule has 0 spiro atoms. The van der Waals surface area contributed by atoms with E-state index in [1.165, 1.54) is 0 Å². The van der Waals surface area contributed by atoms with Crippen molar-refractivity contribution in [3.8, 4) is 11.1 Å². The average molecular weight is 474 g/mol. The smallest absolute Gasteiger partial charge is 0.407 e. The molecule has 7 nitrogen and oxygen atoms in total. The summed E-state index contributed by atoms with van der Waals surface area (Å²) in [6.07, 6.45) is -0.474. The van der Waals surface area contributed by atoms with Gasteiger partial charge >= 0.3 is 6.09 Å². The van der Waals surface area contributed by atoms with E-state index in [0.29, 0.717) is 11.3 Å². The summed E-state index contributed by atoms with van der Waals surface area (Å²) in [7, 11) is 0. The lowest BCUT2D eigenvalue weighted by molar-refractivity contribution is -0.116. The van der Waals surface area contributed by atoms with E-state index in [9.17, 15) is 14.4 Å². The molecular formula is C28H31N3O4. The Bertz CT molecular complexity index is 1150. The molecule has 0 atom stereocenters. The molecule has 0 bridgehead atoms. The first-order chi connectivity index (χ1) is 16.7. The molecular weight excluding hydrogens is 442 g/mol. The fourth-order valence-electron chi connectivity index (χ4n) is 3.32. The van der Waals surface area contributed by atoms with Gasteiger partial charge in [0.2, 0.25) is 5.91 Å². The van der Waals surface area contributed by atoms with Crippen LogP contribution in [0.15, 0.2) is 78.9 Å². The van der Waals surface area contributed by atoms with Gasteiger partial charge in [0.1, 0.15) is 5.60 Å². The van der Waals surface area contributed by atoms with Crippen LogP contribution in [0.25, 0.3) is 11.1 Å². The van der Waals surface area contributed by atoms with Crippen LogP contribution in [0.4, 0.5) is 10.5 Å². The second-order valence-corrected chi connectivity index (χ2v) is 9.01. The zero-order valence-electron chi connectivity index (χ0n) is 20.3. The van der Waals surface area contributed by atoms with Gasteiger partial charge in [-0.2, -0.15) is 0 Å². The van der Waals surface area contributed by atoms with Crippen LogP contribution >= 0.6 is 0 Å². The molecule has 3 amide bonds. The Morgan fingerprint density at radius 3 is 2.09 bits per heavy atom. The number of hydrogen-bond acceptors (Lipinski definition) is 4. The summed E-state index contributed by atoms with van der Waals surface area (Å²) in [4.78, 5) is 36.7. The van der Waals surface area contributed by atoms with Gasteiger partial charge in [-0.3, -0.25) is 9.59 Å². The largest absolute Gasteiger partial charge is 0.444 e. The van der Waals surface area contributed by atoms with E-state index in [2.05, 4.69) is 16.0 Å². The SMILES string of the molecule is CC(C)(C)OC(=O)NCCC(=O)Nc1ccccc1CNC(=O)c1ccc(-c2ccccc2)cc1. The van der Waals surface area contributed by atoms with Crippen LogP contribution in [0, 0.1) is 0 Å². The maximum atomic E-state index is 12.7. The molecule has 182 valence electrons. The lowest BCUT2D eigenvalue weighted by Gasteiger charge is -2.19. The van der Waals surface area contributed by atoms with Crippen molar-refractivity contribution in [2.75, 3.05) is 11.9 Å². The van der Waals surface area contributed by atoms with Gasteiger partial charge in [-0.15, -0.1) is 0 Å². The summed E-state index contributed by atoms with van der Waals surface area (Å²) in [6, 6.07) is 24.7. The molecule has 3 N–H and O–H groups in total. The third-order valence-electron chi connectivity index (χ3n) is 5.01. The monoisotopic (exact) mass is 473 g/mol. The van der Waals surface area contributed by atoms with Crippen LogP contribution in [-0.2, 0) is 16.1 Å². The first-order valence-electron chi connectivity index (χ1n) is 11.5. The lowest BCUT2D eigenvalue weighted by atomic mass is 10.0. The van der Waals surface area contributed by atoms with Crippen LogP contribution in [0.3, 0.4) is 0 Å². The van der Waals surface area contributed by atoms with E-state index in [0.717, 1.165) is 16.7 Å². The quantitative estimate of drug-likeness (QED) is 0.422. The van der Waals surface area contributed by atoms with E-state index in [-0.39, 0.29) is 31.3 Å². The van der Waals surface area contributed by atoms with Crippen molar-refractivity contribution >= 4 is 23.6 Å². The molecule has 0 aliphatic rings. The molecule has 0 saturated carbocycles. The molecule has 3 aromatic carbocycles. The second-order valence-electron chi connectivity index (χ2n) is 9.01. The van der Waals surface area contributed by atoms with E-state index in [1.807, 2.05) is 60.7 Å². The highest BCUT2D eigenvalue weighted by Crippen LogP contribution is 2.20. The van der Waals surface area contributed by atoms with Crippen molar-refractivity contribution in [2.24, 2.45) is 0 Å². The fourth-order valence-corrected chi connectivity index (χ4v) is 3.32. The Labute approximate surface area is 205 Å². The second kappa shape index (κ2) is 11.8. The number of carbonyl (C=O) groups is 3. The van der Waals surface area contributed by atoms with Crippen molar-refractivity contribution in [3.05, 3.63) is 90.0 Å². The van der Waals surface area contributed by atoms with Crippen LogP contribution in [0.1, 0.15) is 43.1 Å². The zero-order valence-corrected chi connectivity index (χ0v) is 20.3. The molecule has 0 aromatic heterocycles. The van der Waals surface area contributed by atoms with Crippen molar-refractivity contribution in [3.63, 3.8) is 0 Å². The molecule has 7 heteroatoms. The number of alkyl carbamates (subject to hydrolysis) is 1. The van der Waals surface area contributed by atoms with Gasteiger partial charge in [-0.1, -0.05) is 60.7 Å². The summed E-state index contributed by atoms with van der Waals surface area (Å²) in [5, 5.41) is 8.31. The van der Waals surface area contributed by atoms with Gasteiger partial charge in [0, 0.05) is 30.8 Å². The highest BCUT2D eigenvalue weighted by Gasteiger charge is 2.16. The van der Waals surface area contributed by atoms with Gasteiger partial charge in [0.05, 0.1) is 0 Å². The highest BCUT2D eigenvalue weighted by molar-refractivity contribution is 5.95. The van der Waals surface area contributed by atoms with Crippen LogP contribution in [-0.4, -0.2) is 30.1 Å². The number of para-hydroxylation sites is 1. The molecule has 0 heterocycles. The normalized spacial score (nSPS) is 10.8. The minimum Gasteiger partial charge on any atom is -0.444 e. The Kier molecular flexibility index (Phi) is 8.62. The van der Waals surface area contributed by atoms with Crippen LogP contribution < -0.4 is 16.0 Å². The molecule has 0 fully saturated rings. The maximum Gasteiger partial charge on any atom is 0.407 e. The highest BCUT2D eigenvalue weighted by atomic mass is 16.6. The molecule has 0 aliphatic heterocycles. The molecule has 0 aliphatic carbocycles. The standard InChI is InChI=1S/C28H31N3O4/c1-28(2,3)35-27(34)29-18-17-25(32)31-24-12-8-7-11-23(24)19-30-26(33)22-15-13-21(14-16-22)20-9-5-4-6-10-20/h4-16H,17-19H2,1-3H3,(H,29,34)(H,30,33)(H,31,32). The Morgan fingerprint density at radius 2 is 1.40 bits per heavy atom. The minimum atomic E-state index is -0.598. The van der Waals surface area contributed by atoms with Gasteiger partial charge in [-0.25, -0.2) is 4.79 Å². The third kappa shape index (κ3) is 8.30. The van der Waals surface area contributed by atoms with Crippen molar-refractivity contribution in [1.82, 2.24) is 10.6 Å². The topological polar surface area (TPSA) is 96.5 Å². The summed E-state index contributed by atoms with van der Waals surface area (Å²) < 4.78 is 5.15. The van der Waals surface area contributed by atoms with Crippen molar-refractivity contribution in [2.45, 2.75) is 39.3 Å². The maximum absolute atomic E-state index is 12.7. The lowest BCUT2D eigenvalue weighted by Crippen LogP contribution is -2.34. The molecule has 3 rings (SSSR count). The number of hydrogen-bond donors (Lipinski definition) is 3. The summed E-state index contributed by atoms with van der Waals surface area (Å²) >= 11 is 0. The molecule has 3 aromatic rings. The fraction of sp³-hybridized carbons (Fsp3) is 0.250. The minimum absolute atomic E-state index is 0.0910. The molecule has 0 saturated heterocycles. The third-order valence-corrected chi connectivity index (χ3v) is 5.01. The Morgan fingerprint density at radius 1 is 0.771 bits per heavy atom. The van der Waals surface area contributed by atoms with E-state index >= 15 is 0 Å². The van der Waals surface area contributed by atoms with Crippen LogP contribution in [0.5, 0.6) is 0 Å². The molecule has 0 unspecified atom stereocenters. The van der Waals surface area contributed by atoms with Crippen LogP contribution in [0.2, 0.25) is 0 Å². The summed E-state index contributed by atoms with van der Waals surface area (Å²) in [6.45, 7) is 5.72. The number of nitrogens with one attached hydrogen (secondary N) is 3. The summed E-state index contributed by atoms with van der Waals surface area (Å²) in [5.41, 5.74) is 3.46. The number of amides is 3. The molecule has 35 heavy (non-hydrogen) atoms. The van der Waals surface area contributed by atoms with Crippen molar-refractivity contribution in [1.29, 1.82) is 0 Å². The number of ether oxygens (including phenoxy) is 1. The summed E-state index contributed by atoms with van der Waals surface area (Å²) in [5.74, 6) is -0.455. The average Bonchev–Trinajstić information content (AvgIpc) is 2.83. The number of benzene rings is 3. The predicted molar refractivity (Wildman–Crippen MR) is 137 cm³/mol. The van der Waals surface area contributed by atoms with E-state index in [4.69, 9.17) is 4.74 Å². The van der Waals surface area contributed by atoms with Gasteiger partial charge in [0.25, 0.3) is 5.91 Å². The van der Waals surface area contributed by atoms with Gasteiger partial charge in [0.15, 0.2) is 0 Å². The Balaban J connectivity index is 1.51. The van der Waals surface area contributed by atoms with Gasteiger partial charge in [-0.05, 0) is 55.7 Å². The molecule has 0 radical (unpaired) electrons. The van der Waals surface area contributed by atoms with Crippen molar-refractivity contribution < 1.29 is 19.1 Å². The van der Waals surface area contributed by atoms with E-state index in [1.54, 1.807) is 39.0 Å². The number of rotatable bonds is 8. The van der Waals surface area contributed by atoms with Gasteiger partial charge < -0.3 is 20.7 Å². The first kappa shape index (κ1) is 25.5. The predicted octanol–water partition coefficient (Wildman–Crippen LogP) is 5.14. The Hall–Kier alpha value is -4.13.